The maximum Gasteiger partial charge on any atom is 0.416 e. The van der Waals surface area contributed by atoms with Crippen molar-refractivity contribution in [2.24, 2.45) is 5.73 Å². The molecule has 0 aliphatic heterocycles. The fourth-order valence-electron chi connectivity index (χ4n) is 1.68. The number of anilines is 1. The number of alkyl halides is 3. The number of sulfonamides is 1. The summed E-state index contributed by atoms with van der Waals surface area (Å²) >= 11 is 0. The highest BCUT2D eigenvalue weighted by atomic mass is 32.2. The Morgan fingerprint density at radius 3 is 2.57 bits per heavy atom. The van der Waals surface area contributed by atoms with Crippen molar-refractivity contribution in [1.82, 2.24) is 9.97 Å². The second-order valence-corrected chi connectivity index (χ2v) is 5.75. The largest absolute Gasteiger partial charge is 0.416 e. The average molecular weight is 320 g/mol. The summed E-state index contributed by atoms with van der Waals surface area (Å²) in [6.45, 7) is -0.303. The van der Waals surface area contributed by atoms with Crippen LogP contribution in [0.3, 0.4) is 0 Å². The van der Waals surface area contributed by atoms with Crippen LogP contribution in [0.25, 0.3) is 0 Å². The molecule has 0 radical (unpaired) electrons. The monoisotopic (exact) mass is 320 g/mol. The minimum Gasteiger partial charge on any atom is -0.334 e. The highest BCUT2D eigenvalue weighted by Gasteiger charge is 2.33. The van der Waals surface area contributed by atoms with Crippen LogP contribution in [0.4, 0.5) is 18.9 Å². The quantitative estimate of drug-likeness (QED) is 0.798. The van der Waals surface area contributed by atoms with E-state index in [1.165, 1.54) is 6.07 Å². The van der Waals surface area contributed by atoms with E-state index in [1.54, 1.807) is 0 Å². The molecule has 10 heteroatoms. The van der Waals surface area contributed by atoms with Crippen molar-refractivity contribution in [3.63, 3.8) is 0 Å². The van der Waals surface area contributed by atoms with E-state index in [0.29, 0.717) is 6.07 Å². The van der Waals surface area contributed by atoms with Gasteiger partial charge in [0.1, 0.15) is 0 Å². The number of benzene rings is 1. The summed E-state index contributed by atoms with van der Waals surface area (Å²) in [6, 6.07) is 3.05. The summed E-state index contributed by atoms with van der Waals surface area (Å²) in [5.74, 6) is 0. The summed E-state index contributed by atoms with van der Waals surface area (Å²) < 4.78 is 64.4. The Labute approximate surface area is 118 Å². The number of nitrogens with zero attached hydrogens (tertiary/aromatic N) is 1. The van der Waals surface area contributed by atoms with Crippen LogP contribution in [-0.4, -0.2) is 18.4 Å². The molecule has 6 nitrogen and oxygen atoms in total. The van der Waals surface area contributed by atoms with Gasteiger partial charge in [0.2, 0.25) is 0 Å². The van der Waals surface area contributed by atoms with Gasteiger partial charge in [-0.1, -0.05) is 6.07 Å². The molecule has 114 valence electrons. The van der Waals surface area contributed by atoms with E-state index >= 15 is 0 Å². The van der Waals surface area contributed by atoms with E-state index in [2.05, 4.69) is 9.97 Å². The number of halogens is 3. The number of H-pyrrole nitrogens is 1. The minimum absolute atomic E-state index is 0.119. The van der Waals surface area contributed by atoms with E-state index in [1.807, 2.05) is 4.72 Å². The first-order valence-corrected chi connectivity index (χ1v) is 7.14. The molecule has 2 aromatic rings. The molecule has 0 unspecified atom stereocenters. The van der Waals surface area contributed by atoms with Gasteiger partial charge in [0, 0.05) is 12.2 Å². The molecule has 0 amide bonds. The Bertz CT molecular complexity index is 726. The van der Waals surface area contributed by atoms with E-state index in [4.69, 9.17) is 5.73 Å². The molecule has 0 aliphatic carbocycles. The van der Waals surface area contributed by atoms with Gasteiger partial charge in [-0.25, -0.2) is 4.98 Å². The standard InChI is InChI=1S/C11H11F3N4O2S/c12-11(13,14)9-3-8(2-1-7(9)4-15)18-21(19,20)10-5-16-6-17-10/h1-3,5-6,18H,4,15H2,(H,16,17). The van der Waals surface area contributed by atoms with Gasteiger partial charge in [0.05, 0.1) is 18.1 Å². The van der Waals surface area contributed by atoms with Gasteiger partial charge in [-0.05, 0) is 17.7 Å². The number of rotatable bonds is 4. The second kappa shape index (κ2) is 5.37. The first-order valence-electron chi connectivity index (χ1n) is 5.65. The van der Waals surface area contributed by atoms with Crippen molar-refractivity contribution in [3.8, 4) is 0 Å². The number of hydrogen-bond donors (Lipinski definition) is 3. The van der Waals surface area contributed by atoms with E-state index in [-0.39, 0.29) is 22.8 Å². The van der Waals surface area contributed by atoms with Crippen LogP contribution in [0.2, 0.25) is 0 Å². The normalized spacial score (nSPS) is 12.4. The molecule has 0 aliphatic rings. The van der Waals surface area contributed by atoms with E-state index in [9.17, 15) is 21.6 Å². The lowest BCUT2D eigenvalue weighted by Gasteiger charge is -2.14. The lowest BCUT2D eigenvalue weighted by Crippen LogP contribution is -2.16. The first kappa shape index (κ1) is 15.3. The van der Waals surface area contributed by atoms with Crippen LogP contribution >= 0.6 is 0 Å². The molecule has 0 saturated carbocycles. The number of imidazole rings is 1. The maximum atomic E-state index is 12.9. The van der Waals surface area contributed by atoms with E-state index in [0.717, 1.165) is 18.6 Å². The Balaban J connectivity index is 2.38. The van der Waals surface area contributed by atoms with Crippen molar-refractivity contribution < 1.29 is 21.6 Å². The molecule has 0 fully saturated rings. The average Bonchev–Trinajstić information content (AvgIpc) is 2.92. The molecule has 1 aromatic heterocycles. The zero-order valence-electron chi connectivity index (χ0n) is 10.5. The third-order valence-electron chi connectivity index (χ3n) is 2.65. The van der Waals surface area contributed by atoms with Crippen LogP contribution in [0.5, 0.6) is 0 Å². The van der Waals surface area contributed by atoms with Crippen LogP contribution < -0.4 is 10.5 Å². The van der Waals surface area contributed by atoms with Crippen molar-refractivity contribution in [3.05, 3.63) is 41.9 Å². The fourth-order valence-corrected chi connectivity index (χ4v) is 2.64. The van der Waals surface area contributed by atoms with Crippen molar-refractivity contribution in [2.45, 2.75) is 17.7 Å². The Morgan fingerprint density at radius 1 is 1.33 bits per heavy atom. The lowest BCUT2D eigenvalue weighted by molar-refractivity contribution is -0.138. The van der Waals surface area contributed by atoms with Gasteiger partial charge in [-0.3, -0.25) is 4.72 Å². The number of nitrogens with two attached hydrogens (primary N) is 1. The zero-order chi connectivity index (χ0) is 15.7. The minimum atomic E-state index is -4.62. The summed E-state index contributed by atoms with van der Waals surface area (Å²) in [6.07, 6.45) is -2.43. The summed E-state index contributed by atoms with van der Waals surface area (Å²) in [5.41, 5.74) is 3.94. The first-order chi connectivity index (χ1) is 9.74. The maximum absolute atomic E-state index is 12.9. The van der Waals surface area contributed by atoms with Crippen molar-refractivity contribution >= 4 is 15.7 Å². The molecular weight excluding hydrogens is 309 g/mol. The number of aromatic amines is 1. The predicted molar refractivity (Wildman–Crippen MR) is 68.7 cm³/mol. The summed E-state index contributed by atoms with van der Waals surface area (Å²) in [4.78, 5) is 5.90. The highest BCUT2D eigenvalue weighted by Crippen LogP contribution is 2.34. The summed E-state index contributed by atoms with van der Waals surface area (Å²) in [7, 11) is -4.02. The number of nitrogens with one attached hydrogen (secondary N) is 2. The Kier molecular flexibility index (Phi) is 3.92. The van der Waals surface area contributed by atoms with Gasteiger partial charge >= 0.3 is 6.18 Å². The lowest BCUT2D eigenvalue weighted by atomic mass is 10.1. The Morgan fingerprint density at radius 2 is 2.05 bits per heavy atom. The van der Waals surface area contributed by atoms with E-state index < -0.39 is 21.8 Å². The second-order valence-electron chi connectivity index (χ2n) is 4.10. The molecule has 1 heterocycles. The molecule has 4 N–H and O–H groups in total. The van der Waals surface area contributed by atoms with Gasteiger partial charge in [0.25, 0.3) is 10.0 Å². The van der Waals surface area contributed by atoms with Crippen molar-refractivity contribution in [2.75, 3.05) is 4.72 Å². The third kappa shape index (κ3) is 3.34. The fraction of sp³-hybridized carbons (Fsp3) is 0.182. The Hall–Kier alpha value is -2.07. The highest BCUT2D eigenvalue weighted by molar-refractivity contribution is 7.92. The van der Waals surface area contributed by atoms with Gasteiger partial charge in [-0.2, -0.15) is 21.6 Å². The predicted octanol–water partition coefficient (Wildman–Crippen LogP) is 1.69. The van der Waals surface area contributed by atoms with Crippen LogP contribution in [0, 0.1) is 0 Å². The molecule has 1 aromatic carbocycles. The van der Waals surface area contributed by atoms with Crippen LogP contribution in [0.15, 0.2) is 35.7 Å². The molecule has 2 rings (SSSR count). The molecule has 0 atom stereocenters. The van der Waals surface area contributed by atoms with Crippen LogP contribution in [-0.2, 0) is 22.7 Å². The summed E-state index contributed by atoms with van der Waals surface area (Å²) in [5, 5.41) is -0.251. The topological polar surface area (TPSA) is 101 Å². The molecule has 21 heavy (non-hydrogen) atoms. The van der Waals surface area contributed by atoms with Crippen molar-refractivity contribution in [1.29, 1.82) is 0 Å². The van der Waals surface area contributed by atoms with Gasteiger partial charge < -0.3 is 10.7 Å². The smallest absolute Gasteiger partial charge is 0.334 e. The van der Waals surface area contributed by atoms with Gasteiger partial charge in [0.15, 0.2) is 5.03 Å². The third-order valence-corrected chi connectivity index (χ3v) is 3.96. The number of hydrogen-bond acceptors (Lipinski definition) is 4. The van der Waals surface area contributed by atoms with Gasteiger partial charge in [-0.15, -0.1) is 0 Å². The SMILES string of the molecule is NCc1ccc(NS(=O)(=O)c2cnc[nH]2)cc1C(F)(F)F. The molecule has 0 spiro atoms. The molecule has 0 saturated heterocycles. The van der Waals surface area contributed by atoms with Crippen LogP contribution in [0.1, 0.15) is 11.1 Å². The molecule has 0 bridgehead atoms. The number of aromatic nitrogens is 2. The molecular formula is C11H11F3N4O2S. The zero-order valence-corrected chi connectivity index (χ0v) is 11.3.